The van der Waals surface area contributed by atoms with Gasteiger partial charge < -0.3 is 20.5 Å². The smallest absolute Gasteiger partial charge is 0.323 e. The molecule has 16 heavy (non-hydrogen) atoms. The highest BCUT2D eigenvalue weighted by atomic mass is 16.5. The molecule has 0 spiro atoms. The van der Waals surface area contributed by atoms with Crippen LogP contribution in [0.15, 0.2) is 0 Å². The molecule has 94 valence electrons. The number of nitrogens with two attached hydrogens (primary N) is 1. The zero-order chi connectivity index (χ0) is 12.8. The van der Waals surface area contributed by atoms with Crippen LogP contribution < -0.4 is 5.73 Å². The van der Waals surface area contributed by atoms with Crippen molar-refractivity contribution in [1.82, 2.24) is 4.90 Å². The molecule has 0 bridgehead atoms. The average Bonchev–Trinajstić information content (AvgIpc) is 2.08. The number of rotatable bonds is 7. The Bertz CT molecular complexity index is 248. The van der Waals surface area contributed by atoms with Crippen molar-refractivity contribution in [3.63, 3.8) is 0 Å². The van der Waals surface area contributed by atoms with Crippen molar-refractivity contribution in [3.8, 4) is 0 Å². The highest BCUT2D eigenvalue weighted by Gasteiger charge is 2.22. The van der Waals surface area contributed by atoms with E-state index in [0.717, 1.165) is 0 Å². The molecule has 1 amide bonds. The lowest BCUT2D eigenvalue weighted by Crippen LogP contribution is -2.44. The molecule has 0 fully saturated rings. The Morgan fingerprint density at radius 1 is 1.44 bits per heavy atom. The van der Waals surface area contributed by atoms with Gasteiger partial charge in [0.05, 0.1) is 6.61 Å². The van der Waals surface area contributed by atoms with Crippen LogP contribution in [0.25, 0.3) is 0 Å². The summed E-state index contributed by atoms with van der Waals surface area (Å²) in [6.07, 6.45) is 0.115. The molecule has 0 atom stereocenters. The number of carboxylic acid groups (broad SMARTS) is 1. The minimum atomic E-state index is -1.04. The topological polar surface area (TPSA) is 92.9 Å². The molecule has 0 unspecified atom stereocenters. The van der Waals surface area contributed by atoms with Crippen molar-refractivity contribution < 1.29 is 19.4 Å². The van der Waals surface area contributed by atoms with E-state index in [4.69, 9.17) is 15.6 Å². The summed E-state index contributed by atoms with van der Waals surface area (Å²) in [5, 5.41) is 8.66. The first-order chi connectivity index (χ1) is 7.26. The predicted molar refractivity (Wildman–Crippen MR) is 59.0 cm³/mol. The third kappa shape index (κ3) is 7.19. The van der Waals surface area contributed by atoms with Gasteiger partial charge in [0.1, 0.15) is 6.54 Å². The fourth-order valence-electron chi connectivity index (χ4n) is 1.16. The standard InChI is InChI=1S/C10H20N2O4/c1-10(2,11)6-8(13)12(4-5-16-3)7-9(14)15/h4-7,11H2,1-3H3,(H,14,15). The number of amides is 1. The van der Waals surface area contributed by atoms with Gasteiger partial charge in [-0.25, -0.2) is 0 Å². The summed E-state index contributed by atoms with van der Waals surface area (Å²) < 4.78 is 4.82. The lowest BCUT2D eigenvalue weighted by atomic mass is 10.0. The molecule has 0 saturated heterocycles. The van der Waals surface area contributed by atoms with Gasteiger partial charge in [0.2, 0.25) is 5.91 Å². The molecule has 0 radical (unpaired) electrons. The van der Waals surface area contributed by atoms with Crippen LogP contribution >= 0.6 is 0 Å². The Morgan fingerprint density at radius 2 is 2.00 bits per heavy atom. The molecule has 0 aromatic rings. The Labute approximate surface area is 95.4 Å². The van der Waals surface area contributed by atoms with Crippen molar-refractivity contribution in [2.75, 3.05) is 26.8 Å². The number of aliphatic carboxylic acids is 1. The maximum atomic E-state index is 11.7. The molecule has 0 aliphatic heterocycles. The van der Waals surface area contributed by atoms with Gasteiger partial charge in [-0.15, -0.1) is 0 Å². The summed E-state index contributed by atoms with van der Waals surface area (Å²) in [7, 11) is 1.50. The van der Waals surface area contributed by atoms with Crippen LogP contribution in [-0.2, 0) is 14.3 Å². The fourth-order valence-corrected chi connectivity index (χ4v) is 1.16. The third-order valence-electron chi connectivity index (χ3n) is 1.85. The van der Waals surface area contributed by atoms with Gasteiger partial charge in [0.25, 0.3) is 0 Å². The monoisotopic (exact) mass is 232 g/mol. The first kappa shape index (κ1) is 14.9. The van der Waals surface area contributed by atoms with Crippen LogP contribution in [0.1, 0.15) is 20.3 Å². The van der Waals surface area contributed by atoms with E-state index in [0.29, 0.717) is 6.61 Å². The van der Waals surface area contributed by atoms with Gasteiger partial charge in [-0.05, 0) is 13.8 Å². The Hall–Kier alpha value is -1.14. The van der Waals surface area contributed by atoms with Crippen molar-refractivity contribution in [3.05, 3.63) is 0 Å². The lowest BCUT2D eigenvalue weighted by Gasteiger charge is -2.25. The van der Waals surface area contributed by atoms with Crippen LogP contribution in [-0.4, -0.2) is 54.2 Å². The molecular weight excluding hydrogens is 212 g/mol. The Kier molecular flexibility index (Phi) is 5.98. The fraction of sp³-hybridized carbons (Fsp3) is 0.800. The number of methoxy groups -OCH3 is 1. The van der Waals surface area contributed by atoms with E-state index in [2.05, 4.69) is 0 Å². The van der Waals surface area contributed by atoms with Crippen LogP contribution in [0.2, 0.25) is 0 Å². The van der Waals surface area contributed by atoms with Gasteiger partial charge in [0.15, 0.2) is 0 Å². The minimum absolute atomic E-state index is 0.115. The largest absolute Gasteiger partial charge is 0.480 e. The first-order valence-corrected chi connectivity index (χ1v) is 5.03. The normalized spacial score (nSPS) is 11.2. The van der Waals surface area contributed by atoms with E-state index in [1.165, 1.54) is 12.0 Å². The molecule has 0 aliphatic rings. The second-order valence-corrected chi connectivity index (χ2v) is 4.37. The second kappa shape index (κ2) is 6.44. The number of carbonyl (C=O) groups is 2. The molecule has 0 saturated carbocycles. The van der Waals surface area contributed by atoms with E-state index >= 15 is 0 Å². The van der Waals surface area contributed by atoms with Gasteiger partial charge in [0, 0.05) is 25.6 Å². The summed E-state index contributed by atoms with van der Waals surface area (Å²) in [4.78, 5) is 23.5. The zero-order valence-corrected chi connectivity index (χ0v) is 10.0. The van der Waals surface area contributed by atoms with Gasteiger partial charge in [-0.2, -0.15) is 0 Å². The summed E-state index contributed by atoms with van der Waals surface area (Å²) in [6.45, 7) is 3.69. The van der Waals surface area contributed by atoms with E-state index in [1.54, 1.807) is 13.8 Å². The number of hydrogen-bond acceptors (Lipinski definition) is 4. The van der Waals surface area contributed by atoms with E-state index in [-0.39, 0.29) is 25.4 Å². The molecule has 0 aromatic heterocycles. The number of nitrogens with zero attached hydrogens (tertiary/aromatic N) is 1. The quantitative estimate of drug-likeness (QED) is 0.627. The summed E-state index contributed by atoms with van der Waals surface area (Å²) in [5.74, 6) is -1.31. The van der Waals surface area contributed by atoms with Crippen LogP contribution in [0.3, 0.4) is 0 Å². The third-order valence-corrected chi connectivity index (χ3v) is 1.85. The molecular formula is C10H20N2O4. The predicted octanol–water partition coefficient (Wildman–Crippen LogP) is -0.327. The molecule has 3 N–H and O–H groups in total. The summed E-state index contributed by atoms with van der Waals surface area (Å²) in [6, 6.07) is 0. The molecule has 6 nitrogen and oxygen atoms in total. The van der Waals surface area contributed by atoms with Gasteiger partial charge in [-0.1, -0.05) is 0 Å². The van der Waals surface area contributed by atoms with Crippen LogP contribution in [0, 0.1) is 0 Å². The number of hydrogen-bond donors (Lipinski definition) is 2. The summed E-state index contributed by atoms with van der Waals surface area (Å²) in [5.41, 5.74) is 5.07. The highest BCUT2D eigenvalue weighted by Crippen LogP contribution is 2.07. The zero-order valence-electron chi connectivity index (χ0n) is 10.0. The SMILES string of the molecule is COCCN(CC(=O)O)C(=O)CC(C)(C)N. The molecule has 0 aromatic carbocycles. The average molecular weight is 232 g/mol. The second-order valence-electron chi connectivity index (χ2n) is 4.37. The van der Waals surface area contributed by atoms with Crippen molar-refractivity contribution in [1.29, 1.82) is 0 Å². The summed E-state index contributed by atoms with van der Waals surface area (Å²) >= 11 is 0. The maximum absolute atomic E-state index is 11.7. The highest BCUT2D eigenvalue weighted by molar-refractivity contribution is 5.82. The Balaban J connectivity index is 4.37. The van der Waals surface area contributed by atoms with Gasteiger partial charge in [-0.3, -0.25) is 9.59 Å². The number of ether oxygens (including phenoxy) is 1. The molecule has 0 heterocycles. The van der Waals surface area contributed by atoms with E-state index < -0.39 is 11.5 Å². The van der Waals surface area contributed by atoms with Gasteiger partial charge >= 0.3 is 5.97 Å². The number of carbonyl (C=O) groups excluding carboxylic acids is 1. The number of carboxylic acids is 1. The van der Waals surface area contributed by atoms with Crippen LogP contribution in [0.4, 0.5) is 0 Å². The molecule has 0 aliphatic carbocycles. The minimum Gasteiger partial charge on any atom is -0.480 e. The molecule has 6 heteroatoms. The van der Waals surface area contributed by atoms with E-state index in [1.807, 2.05) is 0 Å². The van der Waals surface area contributed by atoms with Crippen molar-refractivity contribution in [2.24, 2.45) is 5.73 Å². The first-order valence-electron chi connectivity index (χ1n) is 5.03. The van der Waals surface area contributed by atoms with Crippen molar-refractivity contribution in [2.45, 2.75) is 25.8 Å². The van der Waals surface area contributed by atoms with Crippen molar-refractivity contribution >= 4 is 11.9 Å². The Morgan fingerprint density at radius 3 is 2.38 bits per heavy atom. The maximum Gasteiger partial charge on any atom is 0.323 e. The van der Waals surface area contributed by atoms with E-state index in [9.17, 15) is 9.59 Å². The molecule has 0 rings (SSSR count). The van der Waals surface area contributed by atoms with Crippen LogP contribution in [0.5, 0.6) is 0 Å². The lowest BCUT2D eigenvalue weighted by molar-refractivity contribution is -0.145.